The molecule has 0 atom stereocenters. The van der Waals surface area contributed by atoms with Gasteiger partial charge in [-0.3, -0.25) is 14.2 Å². The Bertz CT molecular complexity index is 802. The first-order chi connectivity index (χ1) is 11.1. The number of phenols is 1. The summed E-state index contributed by atoms with van der Waals surface area (Å²) in [5, 5.41) is 21.4. The van der Waals surface area contributed by atoms with Crippen LogP contribution in [0.5, 0.6) is 5.75 Å². The number of benzene rings is 1. The lowest BCUT2D eigenvalue weighted by molar-refractivity contribution is -0.115. The highest BCUT2D eigenvalue weighted by Gasteiger charge is 2.26. The van der Waals surface area contributed by atoms with Crippen molar-refractivity contribution in [3.63, 3.8) is 0 Å². The molecule has 0 saturated heterocycles. The minimum absolute atomic E-state index is 0.0147. The van der Waals surface area contributed by atoms with E-state index in [-0.39, 0.29) is 30.2 Å². The standard InChI is InChI=1S/C15H15N3O4S/c19-6-1-7-23-15-17-13-11(8-12(21)16-13)14(22)18(15)9-2-4-10(20)5-3-9/h2-5,19-20H,1,6-8H2,(H,16,21). The predicted molar refractivity (Wildman–Crippen MR) is 86.3 cm³/mol. The van der Waals surface area contributed by atoms with Crippen molar-refractivity contribution in [2.45, 2.75) is 18.0 Å². The Kier molecular flexibility index (Phi) is 4.35. The lowest BCUT2D eigenvalue weighted by atomic mass is 10.2. The van der Waals surface area contributed by atoms with Crippen molar-refractivity contribution >= 4 is 23.5 Å². The molecule has 120 valence electrons. The van der Waals surface area contributed by atoms with Crippen LogP contribution in [0.25, 0.3) is 5.69 Å². The second kappa shape index (κ2) is 6.43. The summed E-state index contributed by atoms with van der Waals surface area (Å²) in [5.74, 6) is 0.747. The number of fused-ring (bicyclic) bond motifs is 1. The summed E-state index contributed by atoms with van der Waals surface area (Å²) in [5.41, 5.74) is 0.606. The zero-order chi connectivity index (χ0) is 16.4. The first-order valence-corrected chi connectivity index (χ1v) is 8.07. The maximum atomic E-state index is 12.8. The Labute approximate surface area is 136 Å². The minimum Gasteiger partial charge on any atom is -0.508 e. The predicted octanol–water partition coefficient (Wildman–Crippen LogP) is 0.907. The number of aliphatic hydroxyl groups excluding tert-OH is 1. The Morgan fingerprint density at radius 2 is 2.00 bits per heavy atom. The van der Waals surface area contributed by atoms with Gasteiger partial charge in [0.2, 0.25) is 5.91 Å². The minimum atomic E-state index is -0.300. The number of carbonyl (C=O) groups excluding carboxylic acids is 1. The Balaban J connectivity index is 2.11. The smallest absolute Gasteiger partial charge is 0.264 e. The largest absolute Gasteiger partial charge is 0.508 e. The third-order valence-electron chi connectivity index (χ3n) is 3.38. The van der Waals surface area contributed by atoms with E-state index in [1.54, 1.807) is 12.1 Å². The number of aromatic nitrogens is 2. The maximum absolute atomic E-state index is 12.8. The molecule has 0 saturated carbocycles. The van der Waals surface area contributed by atoms with Gasteiger partial charge in [-0.05, 0) is 30.7 Å². The van der Waals surface area contributed by atoms with Crippen molar-refractivity contribution in [3.8, 4) is 11.4 Å². The molecule has 1 aromatic heterocycles. The van der Waals surface area contributed by atoms with Crippen molar-refractivity contribution < 1.29 is 15.0 Å². The van der Waals surface area contributed by atoms with Gasteiger partial charge in [0.1, 0.15) is 11.6 Å². The number of phenolic OH excluding ortho intramolecular Hbond substituents is 1. The summed E-state index contributed by atoms with van der Waals surface area (Å²) < 4.78 is 1.43. The molecule has 0 aliphatic carbocycles. The fourth-order valence-electron chi connectivity index (χ4n) is 2.29. The quantitative estimate of drug-likeness (QED) is 0.427. The molecule has 0 fully saturated rings. The highest BCUT2D eigenvalue weighted by molar-refractivity contribution is 7.99. The zero-order valence-electron chi connectivity index (χ0n) is 12.2. The third kappa shape index (κ3) is 3.08. The average molecular weight is 333 g/mol. The maximum Gasteiger partial charge on any atom is 0.264 e. The van der Waals surface area contributed by atoms with Crippen LogP contribution in [-0.2, 0) is 11.2 Å². The van der Waals surface area contributed by atoms with E-state index in [2.05, 4.69) is 10.3 Å². The van der Waals surface area contributed by atoms with E-state index in [1.807, 2.05) is 0 Å². The summed E-state index contributed by atoms with van der Waals surface area (Å²) in [7, 11) is 0. The van der Waals surface area contributed by atoms with Crippen LogP contribution in [0.4, 0.5) is 5.82 Å². The van der Waals surface area contributed by atoms with Gasteiger partial charge in [-0.2, -0.15) is 0 Å². The second-order valence-electron chi connectivity index (χ2n) is 5.03. The molecular formula is C15H15N3O4S. The number of aliphatic hydroxyl groups is 1. The van der Waals surface area contributed by atoms with Crippen LogP contribution < -0.4 is 10.9 Å². The van der Waals surface area contributed by atoms with Crippen LogP contribution in [0.3, 0.4) is 0 Å². The van der Waals surface area contributed by atoms with Crippen LogP contribution >= 0.6 is 11.8 Å². The Hall–Kier alpha value is -2.32. The van der Waals surface area contributed by atoms with Crippen LogP contribution in [0, 0.1) is 0 Å². The summed E-state index contributed by atoms with van der Waals surface area (Å²) >= 11 is 1.33. The van der Waals surface area contributed by atoms with Gasteiger partial charge < -0.3 is 15.5 Å². The molecule has 23 heavy (non-hydrogen) atoms. The van der Waals surface area contributed by atoms with Crippen LogP contribution in [0.2, 0.25) is 0 Å². The van der Waals surface area contributed by atoms with E-state index in [0.717, 1.165) is 0 Å². The molecule has 1 aromatic carbocycles. The second-order valence-corrected chi connectivity index (χ2v) is 6.09. The number of rotatable bonds is 5. The molecule has 0 spiro atoms. The molecule has 8 heteroatoms. The molecular weight excluding hydrogens is 318 g/mol. The van der Waals surface area contributed by atoms with Crippen molar-refractivity contribution in [3.05, 3.63) is 40.2 Å². The topological polar surface area (TPSA) is 104 Å². The number of anilines is 1. The first kappa shape index (κ1) is 15.6. The fraction of sp³-hybridized carbons (Fsp3) is 0.267. The van der Waals surface area contributed by atoms with E-state index in [9.17, 15) is 14.7 Å². The highest BCUT2D eigenvalue weighted by Crippen LogP contribution is 2.25. The molecule has 0 unspecified atom stereocenters. The number of hydrogen-bond donors (Lipinski definition) is 3. The van der Waals surface area contributed by atoms with Crippen molar-refractivity contribution in [2.24, 2.45) is 0 Å². The van der Waals surface area contributed by atoms with Gasteiger partial charge in [0.05, 0.1) is 17.7 Å². The molecule has 7 nitrogen and oxygen atoms in total. The van der Waals surface area contributed by atoms with Crippen LogP contribution in [0.1, 0.15) is 12.0 Å². The number of aromatic hydroxyl groups is 1. The molecule has 0 bridgehead atoms. The normalized spacial score (nSPS) is 13.0. The van der Waals surface area contributed by atoms with E-state index in [1.165, 1.54) is 28.5 Å². The van der Waals surface area contributed by atoms with Crippen molar-refractivity contribution in [1.29, 1.82) is 0 Å². The zero-order valence-corrected chi connectivity index (χ0v) is 13.0. The van der Waals surface area contributed by atoms with Crippen LogP contribution in [-0.4, -0.2) is 38.0 Å². The monoisotopic (exact) mass is 333 g/mol. The Morgan fingerprint density at radius 3 is 2.70 bits per heavy atom. The summed E-state index contributed by atoms with van der Waals surface area (Å²) in [6.45, 7) is 0.0537. The van der Waals surface area contributed by atoms with Gasteiger partial charge in [-0.25, -0.2) is 4.98 Å². The SMILES string of the molecule is O=C1Cc2c(nc(SCCCO)n(-c3ccc(O)cc3)c2=O)N1. The molecule has 3 N–H and O–H groups in total. The van der Waals surface area contributed by atoms with Gasteiger partial charge in [-0.1, -0.05) is 11.8 Å². The first-order valence-electron chi connectivity index (χ1n) is 7.09. The van der Waals surface area contributed by atoms with E-state index >= 15 is 0 Å². The lowest BCUT2D eigenvalue weighted by Crippen LogP contribution is -2.24. The summed E-state index contributed by atoms with van der Waals surface area (Å²) in [6.07, 6.45) is 0.584. The molecule has 1 aliphatic heterocycles. The number of nitrogens with zero attached hydrogens (tertiary/aromatic N) is 2. The average Bonchev–Trinajstić information content (AvgIpc) is 2.90. The number of hydrogen-bond acceptors (Lipinski definition) is 6. The number of amides is 1. The molecule has 1 amide bonds. The van der Waals surface area contributed by atoms with Crippen molar-refractivity contribution in [1.82, 2.24) is 9.55 Å². The number of thioether (sulfide) groups is 1. The molecule has 1 aliphatic rings. The van der Waals surface area contributed by atoms with E-state index in [0.29, 0.717) is 34.4 Å². The Morgan fingerprint density at radius 1 is 1.26 bits per heavy atom. The van der Waals surface area contributed by atoms with E-state index in [4.69, 9.17) is 5.11 Å². The molecule has 3 rings (SSSR count). The van der Waals surface area contributed by atoms with Gasteiger partial charge in [0, 0.05) is 12.4 Å². The summed E-state index contributed by atoms with van der Waals surface area (Å²) in [4.78, 5) is 28.7. The van der Waals surface area contributed by atoms with E-state index < -0.39 is 0 Å². The fourth-order valence-corrected chi connectivity index (χ4v) is 3.22. The van der Waals surface area contributed by atoms with Gasteiger partial charge >= 0.3 is 0 Å². The molecule has 0 radical (unpaired) electrons. The molecule has 2 heterocycles. The van der Waals surface area contributed by atoms with Gasteiger partial charge in [-0.15, -0.1) is 0 Å². The number of nitrogens with one attached hydrogen (secondary N) is 1. The van der Waals surface area contributed by atoms with Crippen LogP contribution in [0.15, 0.2) is 34.2 Å². The van der Waals surface area contributed by atoms with Crippen molar-refractivity contribution in [2.75, 3.05) is 17.7 Å². The number of carbonyl (C=O) groups is 1. The third-order valence-corrected chi connectivity index (χ3v) is 4.41. The summed E-state index contributed by atoms with van der Waals surface area (Å²) in [6, 6.07) is 6.21. The highest BCUT2D eigenvalue weighted by atomic mass is 32.2. The molecule has 2 aromatic rings. The van der Waals surface area contributed by atoms with Gasteiger partial charge in [0.15, 0.2) is 5.16 Å². The van der Waals surface area contributed by atoms with Gasteiger partial charge in [0.25, 0.3) is 5.56 Å². The lowest BCUT2D eigenvalue weighted by Gasteiger charge is -2.13.